The normalized spacial score (nSPS) is 17.0. The third kappa shape index (κ3) is 6.08. The largest absolute Gasteiger partial charge is 0.513 e. The molecule has 0 aliphatic heterocycles. The minimum absolute atomic E-state index is 0.103. The molecule has 1 aliphatic rings. The summed E-state index contributed by atoms with van der Waals surface area (Å²) in [6.07, 6.45) is 3.65. The van der Waals surface area contributed by atoms with Crippen LogP contribution in [0.15, 0.2) is 54.6 Å². The molecule has 0 unspecified atom stereocenters. The number of hydrogen-bond acceptors (Lipinski definition) is 6. The van der Waals surface area contributed by atoms with Crippen molar-refractivity contribution in [2.45, 2.75) is 44.8 Å². The molecule has 0 aromatic heterocycles. The van der Waals surface area contributed by atoms with Crippen molar-refractivity contribution in [1.82, 2.24) is 5.09 Å². The summed E-state index contributed by atoms with van der Waals surface area (Å²) >= 11 is 0. The quantitative estimate of drug-likeness (QED) is 0.151. The van der Waals surface area contributed by atoms with Gasteiger partial charge in [0.05, 0.1) is 0 Å². The van der Waals surface area contributed by atoms with E-state index >= 15 is 0 Å². The van der Waals surface area contributed by atoms with E-state index in [1.807, 2.05) is 0 Å². The van der Waals surface area contributed by atoms with E-state index in [4.69, 9.17) is 13.8 Å². The Morgan fingerprint density at radius 3 is 2.23 bits per heavy atom. The average molecular weight is 433 g/mol. The van der Waals surface area contributed by atoms with Gasteiger partial charge in [0.15, 0.2) is 6.72 Å². The van der Waals surface area contributed by atoms with Crippen molar-refractivity contribution in [3.05, 3.63) is 54.6 Å². The summed E-state index contributed by atoms with van der Waals surface area (Å²) in [4.78, 5) is 12.4. The second-order valence-electron chi connectivity index (χ2n) is 7.08. The number of hydrogen-bond donors (Lipinski definition) is 2. The smallest absolute Gasteiger partial charge is 0.461 e. The Bertz CT molecular complexity index is 913. The Morgan fingerprint density at radius 2 is 1.67 bits per heavy atom. The average Bonchev–Trinajstić information content (AvgIpc) is 3.22. The second kappa shape index (κ2) is 9.78. The van der Waals surface area contributed by atoms with Gasteiger partial charge < -0.3 is 13.8 Å². The monoisotopic (exact) mass is 433 g/mol. The summed E-state index contributed by atoms with van der Waals surface area (Å²) in [5.41, 5.74) is 0.419. The highest BCUT2D eigenvalue weighted by Gasteiger charge is 2.35. The van der Waals surface area contributed by atoms with Gasteiger partial charge in [-0.2, -0.15) is 5.09 Å². The second-order valence-corrected chi connectivity index (χ2v) is 8.70. The van der Waals surface area contributed by atoms with Gasteiger partial charge in [-0.25, -0.2) is 4.57 Å². The lowest BCUT2D eigenvalue weighted by Gasteiger charge is -2.24. The number of esters is 1. The molecule has 0 spiro atoms. The van der Waals surface area contributed by atoms with Crippen LogP contribution in [0.2, 0.25) is 0 Å². The Balaban J connectivity index is 1.75. The molecule has 2 N–H and O–H groups in total. The molecule has 2 aromatic rings. The van der Waals surface area contributed by atoms with Gasteiger partial charge in [-0.3, -0.25) is 10.0 Å². The third-order valence-corrected chi connectivity index (χ3v) is 6.23. The Kier molecular flexibility index (Phi) is 7.13. The fraction of sp³-hybridized carbons (Fsp3) is 0.333. The Hall–Kier alpha value is -2.83. The third-order valence-electron chi connectivity index (χ3n) is 4.62. The molecule has 0 amide bonds. The molecular weight excluding hydrogens is 407 g/mol. The van der Waals surface area contributed by atoms with E-state index in [0.29, 0.717) is 16.2 Å². The molecule has 160 valence electrons. The standard InChI is InChI=1S/C21H26N2O6P/c1-16(21(24)27-18-8-6-7-9-18)22-30(26,28-19-10-4-3-5-11-19)29-20-14-12-17(13-15-20)23(2)25/h3-5,10-16,18,25H,2,6-9H2,1H3,(H,22,26)/q+1/t16-,30-/m0/s1. The summed E-state index contributed by atoms with van der Waals surface area (Å²) in [6, 6.07) is 13.7. The van der Waals surface area contributed by atoms with Gasteiger partial charge in [-0.15, -0.1) is 0 Å². The van der Waals surface area contributed by atoms with Crippen LogP contribution in [0.25, 0.3) is 0 Å². The maximum Gasteiger partial charge on any atom is 0.513 e. The topological polar surface area (TPSA) is 97.1 Å². The Morgan fingerprint density at radius 1 is 1.10 bits per heavy atom. The summed E-state index contributed by atoms with van der Waals surface area (Å²) in [5, 5.41) is 12.0. The molecule has 30 heavy (non-hydrogen) atoms. The highest BCUT2D eigenvalue weighted by molar-refractivity contribution is 7.52. The fourth-order valence-electron chi connectivity index (χ4n) is 3.07. The minimum atomic E-state index is -4.00. The molecule has 2 atom stereocenters. The van der Waals surface area contributed by atoms with Crippen molar-refractivity contribution in [3.8, 4) is 11.5 Å². The van der Waals surface area contributed by atoms with Gasteiger partial charge in [-0.05, 0) is 56.9 Å². The lowest BCUT2D eigenvalue weighted by Crippen LogP contribution is -2.37. The van der Waals surface area contributed by atoms with E-state index in [1.165, 1.54) is 24.3 Å². The van der Waals surface area contributed by atoms with Crippen molar-refractivity contribution in [3.63, 3.8) is 0 Å². The molecule has 1 aliphatic carbocycles. The molecule has 3 rings (SSSR count). The number of benzene rings is 2. The maximum absolute atomic E-state index is 13.5. The predicted octanol–water partition coefficient (Wildman–Crippen LogP) is 4.45. The minimum Gasteiger partial charge on any atom is -0.461 e. The van der Waals surface area contributed by atoms with Gasteiger partial charge in [-0.1, -0.05) is 18.2 Å². The van der Waals surface area contributed by atoms with E-state index in [1.54, 1.807) is 37.3 Å². The molecular formula is C21H26N2O6P+. The number of para-hydroxylation sites is 1. The zero-order valence-electron chi connectivity index (χ0n) is 16.8. The van der Waals surface area contributed by atoms with Gasteiger partial charge in [0.1, 0.15) is 23.6 Å². The van der Waals surface area contributed by atoms with E-state index in [0.717, 1.165) is 25.7 Å². The number of rotatable bonds is 9. The van der Waals surface area contributed by atoms with Crippen LogP contribution in [0.3, 0.4) is 0 Å². The van der Waals surface area contributed by atoms with Gasteiger partial charge >= 0.3 is 13.7 Å². The summed E-state index contributed by atoms with van der Waals surface area (Å²) in [7, 11) is -4.00. The summed E-state index contributed by atoms with van der Waals surface area (Å²) in [5.74, 6) is 0.0371. The molecule has 0 bridgehead atoms. The molecule has 2 aromatic carbocycles. The first kappa shape index (κ1) is 21.9. The zero-order chi connectivity index (χ0) is 21.6. The first-order chi connectivity index (χ1) is 14.3. The van der Waals surface area contributed by atoms with Crippen LogP contribution >= 0.6 is 7.75 Å². The molecule has 1 saturated carbocycles. The van der Waals surface area contributed by atoms with Crippen LogP contribution < -0.4 is 14.1 Å². The highest BCUT2D eigenvalue weighted by Crippen LogP contribution is 2.45. The van der Waals surface area contributed by atoms with Crippen molar-refractivity contribution in [2.24, 2.45) is 0 Å². The lowest BCUT2D eigenvalue weighted by atomic mass is 10.3. The van der Waals surface area contributed by atoms with E-state index in [2.05, 4.69) is 11.8 Å². The number of nitrogens with one attached hydrogen (secondary N) is 1. The van der Waals surface area contributed by atoms with Gasteiger partial charge in [0.2, 0.25) is 0 Å². The van der Waals surface area contributed by atoms with Gasteiger partial charge in [0, 0.05) is 16.9 Å². The lowest BCUT2D eigenvalue weighted by molar-refractivity contribution is -0.706. The van der Waals surface area contributed by atoms with E-state index < -0.39 is 19.8 Å². The highest BCUT2D eigenvalue weighted by atomic mass is 31.2. The number of ether oxygens (including phenoxy) is 1. The zero-order valence-corrected chi connectivity index (χ0v) is 17.7. The maximum atomic E-state index is 13.5. The van der Waals surface area contributed by atoms with Crippen LogP contribution in [0.5, 0.6) is 11.5 Å². The number of carbonyl (C=O) groups is 1. The first-order valence-corrected chi connectivity index (χ1v) is 11.3. The first-order valence-electron chi connectivity index (χ1n) is 9.77. The molecule has 0 saturated heterocycles. The van der Waals surface area contributed by atoms with Gasteiger partial charge in [0.25, 0.3) is 5.69 Å². The SMILES string of the molecule is C=[N+](O)c1ccc(O[P@](=O)(N[C@@H](C)C(=O)OC2CCCC2)Oc2ccccc2)cc1. The van der Waals surface area contributed by atoms with E-state index in [9.17, 15) is 14.6 Å². The van der Waals surface area contributed by atoms with E-state index in [-0.39, 0.29) is 11.9 Å². The molecule has 0 radical (unpaired) electrons. The number of carbonyl (C=O) groups excluding carboxylic acids is 1. The van der Waals surface area contributed by atoms with Crippen molar-refractivity contribution in [2.75, 3.05) is 0 Å². The Labute approximate surface area is 175 Å². The van der Waals surface area contributed by atoms with Crippen LogP contribution in [0.1, 0.15) is 32.6 Å². The molecule has 1 fully saturated rings. The predicted molar refractivity (Wildman–Crippen MR) is 112 cm³/mol. The van der Waals surface area contributed by atoms with Crippen molar-refractivity contribution in [1.29, 1.82) is 0 Å². The molecule has 0 heterocycles. The van der Waals surface area contributed by atoms with Crippen LogP contribution in [0.4, 0.5) is 5.69 Å². The van der Waals surface area contributed by atoms with Crippen LogP contribution in [-0.2, 0) is 14.1 Å². The van der Waals surface area contributed by atoms with Crippen molar-refractivity contribution >= 4 is 26.1 Å². The van der Waals surface area contributed by atoms with Crippen molar-refractivity contribution < 1.29 is 33.1 Å². The molecule has 8 nitrogen and oxygen atoms in total. The summed E-state index contributed by atoms with van der Waals surface area (Å²) in [6.45, 7) is 4.93. The molecule has 9 heteroatoms. The number of nitrogens with zero attached hydrogens (tertiary/aromatic N) is 1. The van der Waals surface area contributed by atoms with Crippen LogP contribution in [-0.4, -0.2) is 34.8 Å². The summed E-state index contributed by atoms with van der Waals surface area (Å²) < 4.78 is 30.9. The fourth-order valence-corrected chi connectivity index (χ4v) is 4.59. The van der Waals surface area contributed by atoms with Crippen LogP contribution in [0, 0.1) is 0 Å².